The molecule has 0 aliphatic heterocycles. The van der Waals surface area contributed by atoms with Crippen molar-refractivity contribution >= 4 is 40.5 Å². The molecule has 0 amide bonds. The quantitative estimate of drug-likeness (QED) is 0.565. The van der Waals surface area contributed by atoms with Gasteiger partial charge in [-0.2, -0.15) is 0 Å². The second-order valence-corrected chi connectivity index (χ2v) is 6.40. The van der Waals surface area contributed by atoms with Gasteiger partial charge in [0.1, 0.15) is 18.5 Å². The molecule has 0 fully saturated rings. The Bertz CT molecular complexity index is 618. The van der Waals surface area contributed by atoms with Crippen LogP contribution in [-0.2, 0) is 0 Å². The van der Waals surface area contributed by atoms with Gasteiger partial charge in [0, 0.05) is 24.7 Å². The van der Waals surface area contributed by atoms with E-state index in [1.54, 1.807) is 12.1 Å². The van der Waals surface area contributed by atoms with Crippen molar-refractivity contribution < 1.29 is 9.84 Å². The molecule has 1 atom stereocenters. The maximum atomic E-state index is 9.88. The van der Waals surface area contributed by atoms with Crippen LogP contribution in [0.15, 0.2) is 42.5 Å². The lowest BCUT2D eigenvalue weighted by Crippen LogP contribution is -2.34. The second kappa shape index (κ2) is 9.97. The molecule has 2 aromatic carbocycles. The first-order chi connectivity index (χ1) is 11.6. The molecular weight excluding hydrogens is 371 g/mol. The van der Waals surface area contributed by atoms with Crippen LogP contribution in [0.2, 0.25) is 15.1 Å². The van der Waals surface area contributed by atoms with E-state index in [1.165, 1.54) is 0 Å². The molecular formula is C17H19Cl3N2O2. The molecule has 0 bridgehead atoms. The van der Waals surface area contributed by atoms with Crippen molar-refractivity contribution in [1.29, 1.82) is 0 Å². The van der Waals surface area contributed by atoms with Crippen molar-refractivity contribution in [1.82, 2.24) is 5.32 Å². The van der Waals surface area contributed by atoms with Gasteiger partial charge in [-0.15, -0.1) is 0 Å². The number of aliphatic hydroxyl groups is 1. The van der Waals surface area contributed by atoms with Gasteiger partial charge >= 0.3 is 0 Å². The normalized spacial score (nSPS) is 12.0. The van der Waals surface area contributed by atoms with Gasteiger partial charge in [-0.25, -0.2) is 0 Å². The molecule has 0 saturated carbocycles. The first-order valence-electron chi connectivity index (χ1n) is 7.51. The Labute approximate surface area is 156 Å². The predicted octanol–water partition coefficient (Wildman–Crippen LogP) is 4.09. The van der Waals surface area contributed by atoms with Crippen molar-refractivity contribution in [3.05, 3.63) is 57.5 Å². The molecule has 0 saturated heterocycles. The van der Waals surface area contributed by atoms with Crippen LogP contribution in [0.5, 0.6) is 5.75 Å². The van der Waals surface area contributed by atoms with Crippen molar-refractivity contribution in [3.63, 3.8) is 0 Å². The van der Waals surface area contributed by atoms with E-state index in [9.17, 15) is 5.11 Å². The van der Waals surface area contributed by atoms with Gasteiger partial charge in [-0.3, -0.25) is 0 Å². The third kappa shape index (κ3) is 6.38. The third-order valence-electron chi connectivity index (χ3n) is 3.18. The van der Waals surface area contributed by atoms with Crippen molar-refractivity contribution in [2.24, 2.45) is 0 Å². The molecule has 0 aliphatic rings. The van der Waals surface area contributed by atoms with E-state index in [0.717, 1.165) is 5.75 Å². The molecule has 3 N–H and O–H groups in total. The van der Waals surface area contributed by atoms with E-state index in [2.05, 4.69) is 10.6 Å². The van der Waals surface area contributed by atoms with Crippen LogP contribution in [0.25, 0.3) is 0 Å². The molecule has 4 nitrogen and oxygen atoms in total. The van der Waals surface area contributed by atoms with E-state index in [0.29, 0.717) is 40.4 Å². The van der Waals surface area contributed by atoms with Crippen LogP contribution < -0.4 is 15.4 Å². The monoisotopic (exact) mass is 388 g/mol. The van der Waals surface area contributed by atoms with E-state index < -0.39 is 6.10 Å². The Morgan fingerprint density at radius 3 is 2.33 bits per heavy atom. The fourth-order valence-corrected chi connectivity index (χ4v) is 2.97. The van der Waals surface area contributed by atoms with E-state index in [1.807, 2.05) is 30.3 Å². The number of aliphatic hydroxyl groups excluding tert-OH is 1. The molecule has 0 heterocycles. The Hall–Kier alpha value is -1.17. The van der Waals surface area contributed by atoms with E-state index in [-0.39, 0.29) is 6.61 Å². The number of anilines is 1. The van der Waals surface area contributed by atoms with Gasteiger partial charge in [-0.1, -0.05) is 53.0 Å². The summed E-state index contributed by atoms with van der Waals surface area (Å²) in [5, 5.41) is 17.6. The Morgan fingerprint density at radius 2 is 1.67 bits per heavy atom. The average Bonchev–Trinajstić information content (AvgIpc) is 2.55. The smallest absolute Gasteiger partial charge is 0.119 e. The highest BCUT2D eigenvalue weighted by molar-refractivity contribution is 6.41. The Balaban J connectivity index is 1.63. The van der Waals surface area contributed by atoms with Crippen LogP contribution in [-0.4, -0.2) is 37.5 Å². The molecule has 130 valence electrons. The molecule has 0 radical (unpaired) electrons. The second-order valence-electron chi connectivity index (χ2n) is 5.15. The highest BCUT2D eigenvalue weighted by Crippen LogP contribution is 2.33. The predicted molar refractivity (Wildman–Crippen MR) is 101 cm³/mol. The highest BCUT2D eigenvalue weighted by Gasteiger charge is 2.08. The molecule has 7 heteroatoms. The minimum absolute atomic E-state index is 0.235. The van der Waals surface area contributed by atoms with Gasteiger partial charge in [0.15, 0.2) is 0 Å². The largest absolute Gasteiger partial charge is 0.491 e. The lowest BCUT2D eigenvalue weighted by atomic mass is 10.3. The fraction of sp³-hybridized carbons (Fsp3) is 0.294. The molecule has 2 aromatic rings. The van der Waals surface area contributed by atoms with Crippen LogP contribution in [0.4, 0.5) is 5.69 Å². The maximum Gasteiger partial charge on any atom is 0.119 e. The number of ether oxygens (including phenoxy) is 1. The number of nitrogens with one attached hydrogen (secondary N) is 2. The molecule has 2 rings (SSSR count). The summed E-state index contributed by atoms with van der Waals surface area (Å²) in [4.78, 5) is 0. The number of hydrogen-bond acceptors (Lipinski definition) is 4. The average molecular weight is 390 g/mol. The van der Waals surface area contributed by atoms with Crippen LogP contribution >= 0.6 is 34.8 Å². The third-order valence-corrected chi connectivity index (χ3v) is 3.99. The maximum absolute atomic E-state index is 9.88. The van der Waals surface area contributed by atoms with E-state index in [4.69, 9.17) is 39.5 Å². The van der Waals surface area contributed by atoms with Gasteiger partial charge in [0.25, 0.3) is 0 Å². The zero-order valence-electron chi connectivity index (χ0n) is 12.9. The van der Waals surface area contributed by atoms with Crippen molar-refractivity contribution in [3.8, 4) is 5.75 Å². The summed E-state index contributed by atoms with van der Waals surface area (Å²) in [5.74, 6) is 0.741. The minimum atomic E-state index is -0.590. The van der Waals surface area contributed by atoms with Gasteiger partial charge in [-0.05, 0) is 24.3 Å². The number of hydrogen-bond donors (Lipinski definition) is 3. The Morgan fingerprint density at radius 1 is 1.00 bits per heavy atom. The summed E-state index contributed by atoms with van der Waals surface area (Å²) in [6, 6.07) is 12.7. The molecule has 0 aromatic heterocycles. The summed E-state index contributed by atoms with van der Waals surface area (Å²) in [7, 11) is 0. The molecule has 24 heavy (non-hydrogen) atoms. The number of rotatable bonds is 9. The lowest BCUT2D eigenvalue weighted by molar-refractivity contribution is 0.107. The topological polar surface area (TPSA) is 53.5 Å². The first-order valence-corrected chi connectivity index (χ1v) is 8.64. The number of benzene rings is 2. The van der Waals surface area contributed by atoms with Gasteiger partial charge < -0.3 is 20.5 Å². The standard InChI is InChI=1S/C17H19Cl3N2O2/c18-12-8-15(19)17(16(20)9-12)22-7-6-21-10-13(23)11-24-14-4-2-1-3-5-14/h1-5,8-9,13,21-23H,6-7,10-11H2. The summed E-state index contributed by atoms with van der Waals surface area (Å²) in [5.41, 5.74) is 0.650. The number of para-hydroxylation sites is 1. The van der Waals surface area contributed by atoms with Gasteiger partial charge in [0.05, 0.1) is 15.7 Å². The zero-order valence-corrected chi connectivity index (χ0v) is 15.2. The van der Waals surface area contributed by atoms with Crippen LogP contribution in [0.3, 0.4) is 0 Å². The van der Waals surface area contributed by atoms with Crippen LogP contribution in [0.1, 0.15) is 0 Å². The molecule has 1 unspecified atom stereocenters. The fourth-order valence-electron chi connectivity index (χ4n) is 2.02. The Kier molecular flexibility index (Phi) is 7.95. The number of halogens is 3. The minimum Gasteiger partial charge on any atom is -0.491 e. The van der Waals surface area contributed by atoms with Gasteiger partial charge in [0.2, 0.25) is 0 Å². The first kappa shape index (κ1) is 19.2. The summed E-state index contributed by atoms with van der Waals surface area (Å²) < 4.78 is 5.48. The van der Waals surface area contributed by atoms with Crippen LogP contribution in [0, 0.1) is 0 Å². The summed E-state index contributed by atoms with van der Waals surface area (Å²) in [6.07, 6.45) is -0.590. The zero-order chi connectivity index (χ0) is 17.4. The summed E-state index contributed by atoms with van der Waals surface area (Å²) >= 11 is 18.0. The lowest BCUT2D eigenvalue weighted by Gasteiger charge is -2.14. The van der Waals surface area contributed by atoms with Crippen molar-refractivity contribution in [2.75, 3.05) is 31.6 Å². The molecule has 0 spiro atoms. The SMILES string of the molecule is OC(CNCCNc1c(Cl)cc(Cl)cc1Cl)COc1ccccc1. The molecule has 0 aliphatic carbocycles. The summed E-state index contributed by atoms with van der Waals surface area (Å²) in [6.45, 7) is 1.90. The van der Waals surface area contributed by atoms with E-state index >= 15 is 0 Å². The van der Waals surface area contributed by atoms with Crippen molar-refractivity contribution in [2.45, 2.75) is 6.10 Å². The highest BCUT2D eigenvalue weighted by atomic mass is 35.5.